The summed E-state index contributed by atoms with van der Waals surface area (Å²) in [7, 11) is 0. The Bertz CT molecular complexity index is 532. The zero-order chi connectivity index (χ0) is 14.6. The van der Waals surface area contributed by atoms with E-state index in [9.17, 15) is 0 Å². The molecule has 1 aromatic carbocycles. The molecule has 0 saturated carbocycles. The van der Waals surface area contributed by atoms with E-state index < -0.39 is 0 Å². The van der Waals surface area contributed by atoms with Crippen LogP contribution in [-0.4, -0.2) is 16.7 Å². The van der Waals surface area contributed by atoms with Gasteiger partial charge in [0, 0.05) is 6.42 Å². The van der Waals surface area contributed by atoms with Crippen LogP contribution in [0.4, 0.5) is 0 Å². The summed E-state index contributed by atoms with van der Waals surface area (Å²) in [6, 6.07) is 9.38. The van der Waals surface area contributed by atoms with Gasteiger partial charge < -0.3 is 15.0 Å². The van der Waals surface area contributed by atoms with Crippen molar-refractivity contribution < 1.29 is 9.26 Å². The molecule has 5 heteroatoms. The minimum atomic E-state index is -0.265. The molecule has 108 valence electrons. The quantitative estimate of drug-likeness (QED) is 0.908. The number of rotatable bonds is 5. The fourth-order valence-corrected chi connectivity index (χ4v) is 1.64. The third kappa shape index (κ3) is 3.81. The van der Waals surface area contributed by atoms with Gasteiger partial charge in [-0.2, -0.15) is 4.98 Å². The molecule has 0 aliphatic heterocycles. The fraction of sp³-hybridized carbons (Fsp3) is 0.467. The van der Waals surface area contributed by atoms with E-state index in [0.29, 0.717) is 24.7 Å². The Labute approximate surface area is 119 Å². The Morgan fingerprint density at radius 1 is 1.25 bits per heavy atom. The number of ether oxygens (including phenoxy) is 1. The number of aromatic nitrogens is 2. The molecule has 0 saturated heterocycles. The predicted octanol–water partition coefficient (Wildman–Crippen LogP) is 2.74. The van der Waals surface area contributed by atoms with Gasteiger partial charge in [0.15, 0.2) is 5.82 Å². The summed E-state index contributed by atoms with van der Waals surface area (Å²) in [5.74, 6) is 1.94. The van der Waals surface area contributed by atoms with Gasteiger partial charge in [0.25, 0.3) is 0 Å². The number of hydrogen-bond donors (Lipinski definition) is 1. The van der Waals surface area contributed by atoms with Crippen LogP contribution in [0.3, 0.4) is 0 Å². The van der Waals surface area contributed by atoms with Crippen LogP contribution in [0.15, 0.2) is 34.9 Å². The van der Waals surface area contributed by atoms with Crippen LogP contribution < -0.4 is 10.5 Å². The summed E-state index contributed by atoms with van der Waals surface area (Å²) < 4.78 is 10.8. The van der Waals surface area contributed by atoms with Crippen molar-refractivity contribution >= 4 is 0 Å². The molecule has 0 aliphatic rings. The van der Waals surface area contributed by atoms with Crippen LogP contribution in [-0.2, 0) is 6.42 Å². The van der Waals surface area contributed by atoms with Gasteiger partial charge in [0.1, 0.15) is 5.75 Å². The Morgan fingerprint density at radius 2 is 1.95 bits per heavy atom. The molecule has 2 aromatic rings. The first-order valence-corrected chi connectivity index (χ1v) is 6.73. The van der Waals surface area contributed by atoms with Crippen LogP contribution >= 0.6 is 0 Å². The third-order valence-electron chi connectivity index (χ3n) is 3.02. The first-order valence-electron chi connectivity index (χ1n) is 6.73. The molecule has 2 rings (SSSR count). The Hall–Kier alpha value is -1.88. The second-order valence-electron chi connectivity index (χ2n) is 5.80. The van der Waals surface area contributed by atoms with Crippen LogP contribution in [0.25, 0.3) is 0 Å². The van der Waals surface area contributed by atoms with Crippen LogP contribution in [0.5, 0.6) is 5.75 Å². The van der Waals surface area contributed by atoms with Gasteiger partial charge in [-0.25, -0.2) is 0 Å². The van der Waals surface area contributed by atoms with E-state index in [4.69, 9.17) is 15.0 Å². The maximum absolute atomic E-state index is 6.08. The highest BCUT2D eigenvalue weighted by atomic mass is 16.5. The lowest BCUT2D eigenvalue weighted by atomic mass is 9.87. The summed E-state index contributed by atoms with van der Waals surface area (Å²) in [4.78, 5) is 4.33. The molecule has 1 aromatic heterocycles. The second kappa shape index (κ2) is 6.05. The summed E-state index contributed by atoms with van der Waals surface area (Å²) >= 11 is 0. The highest BCUT2D eigenvalue weighted by molar-refractivity contribution is 5.20. The predicted molar refractivity (Wildman–Crippen MR) is 76.3 cm³/mol. The average molecular weight is 275 g/mol. The summed E-state index contributed by atoms with van der Waals surface area (Å²) in [6.07, 6.45) is 0.593. The maximum atomic E-state index is 6.08. The molecule has 0 unspecified atom stereocenters. The van der Waals surface area contributed by atoms with E-state index in [2.05, 4.69) is 10.1 Å². The number of benzene rings is 1. The van der Waals surface area contributed by atoms with E-state index in [1.807, 2.05) is 51.1 Å². The molecule has 0 radical (unpaired) electrons. The summed E-state index contributed by atoms with van der Waals surface area (Å²) in [5.41, 5.74) is 5.97. The van der Waals surface area contributed by atoms with Crippen molar-refractivity contribution in [3.8, 4) is 5.75 Å². The Morgan fingerprint density at radius 3 is 2.60 bits per heavy atom. The number of nitrogens with zero attached hydrogens (tertiary/aromatic N) is 2. The van der Waals surface area contributed by atoms with Crippen molar-refractivity contribution in [3.63, 3.8) is 0 Å². The average Bonchev–Trinajstić information content (AvgIpc) is 2.87. The largest absolute Gasteiger partial charge is 0.493 e. The number of nitrogens with two attached hydrogens (primary N) is 1. The SMILES string of the molecule is CC(C)(C)[C@@H](N)c1nc(CCOc2ccccc2)no1. The standard InChI is InChI=1S/C15H21N3O2/c1-15(2,3)13(16)14-17-12(18-20-14)9-10-19-11-7-5-4-6-8-11/h4-8,13H,9-10,16H2,1-3H3/t13-/m0/s1. The molecule has 0 amide bonds. The Kier molecular flexibility index (Phi) is 4.39. The zero-order valence-electron chi connectivity index (χ0n) is 12.2. The van der Waals surface area contributed by atoms with E-state index in [0.717, 1.165) is 5.75 Å². The van der Waals surface area contributed by atoms with E-state index in [-0.39, 0.29) is 11.5 Å². The van der Waals surface area contributed by atoms with Crippen molar-refractivity contribution in [3.05, 3.63) is 42.0 Å². The normalized spacial score (nSPS) is 13.2. The van der Waals surface area contributed by atoms with Gasteiger partial charge in [-0.15, -0.1) is 0 Å². The van der Waals surface area contributed by atoms with Crippen LogP contribution in [0.2, 0.25) is 0 Å². The molecule has 5 nitrogen and oxygen atoms in total. The lowest BCUT2D eigenvalue weighted by Gasteiger charge is -2.23. The monoisotopic (exact) mass is 275 g/mol. The molecule has 0 bridgehead atoms. The Balaban J connectivity index is 1.87. The second-order valence-corrected chi connectivity index (χ2v) is 5.80. The van der Waals surface area contributed by atoms with Gasteiger partial charge in [-0.05, 0) is 17.5 Å². The lowest BCUT2D eigenvalue weighted by molar-refractivity contribution is 0.251. The van der Waals surface area contributed by atoms with E-state index in [1.165, 1.54) is 0 Å². The summed E-state index contributed by atoms with van der Waals surface area (Å²) in [6.45, 7) is 6.63. The molecule has 0 fully saturated rings. The first kappa shape index (κ1) is 14.5. The van der Waals surface area contributed by atoms with Crippen molar-refractivity contribution in [1.29, 1.82) is 0 Å². The number of hydrogen-bond acceptors (Lipinski definition) is 5. The smallest absolute Gasteiger partial charge is 0.244 e. The minimum absolute atomic E-state index is 0.107. The van der Waals surface area contributed by atoms with Gasteiger partial charge in [-0.1, -0.05) is 44.1 Å². The molecule has 1 atom stereocenters. The molecular weight excluding hydrogens is 254 g/mol. The van der Waals surface area contributed by atoms with Crippen molar-refractivity contribution in [2.75, 3.05) is 6.61 Å². The highest BCUT2D eigenvalue weighted by Crippen LogP contribution is 2.29. The van der Waals surface area contributed by atoms with Gasteiger partial charge in [-0.3, -0.25) is 0 Å². The van der Waals surface area contributed by atoms with Crippen LogP contribution in [0, 0.1) is 5.41 Å². The first-order chi connectivity index (χ1) is 9.47. The minimum Gasteiger partial charge on any atom is -0.493 e. The van der Waals surface area contributed by atoms with Crippen molar-refractivity contribution in [1.82, 2.24) is 10.1 Å². The fourth-order valence-electron chi connectivity index (χ4n) is 1.64. The molecular formula is C15H21N3O2. The topological polar surface area (TPSA) is 74.2 Å². The molecule has 1 heterocycles. The molecule has 0 aliphatic carbocycles. The maximum Gasteiger partial charge on any atom is 0.244 e. The molecule has 2 N–H and O–H groups in total. The van der Waals surface area contributed by atoms with Crippen LogP contribution in [0.1, 0.15) is 38.5 Å². The lowest BCUT2D eigenvalue weighted by Crippen LogP contribution is -2.26. The number of para-hydroxylation sites is 1. The van der Waals surface area contributed by atoms with Gasteiger partial charge in [0.05, 0.1) is 12.6 Å². The molecule has 0 spiro atoms. The van der Waals surface area contributed by atoms with E-state index in [1.54, 1.807) is 0 Å². The van der Waals surface area contributed by atoms with Gasteiger partial charge in [0.2, 0.25) is 5.89 Å². The zero-order valence-corrected chi connectivity index (χ0v) is 12.2. The van der Waals surface area contributed by atoms with E-state index >= 15 is 0 Å². The molecule has 20 heavy (non-hydrogen) atoms. The van der Waals surface area contributed by atoms with Gasteiger partial charge >= 0.3 is 0 Å². The van der Waals surface area contributed by atoms with Crippen molar-refractivity contribution in [2.45, 2.75) is 33.2 Å². The third-order valence-corrected chi connectivity index (χ3v) is 3.02. The highest BCUT2D eigenvalue weighted by Gasteiger charge is 2.27. The summed E-state index contributed by atoms with van der Waals surface area (Å²) in [5, 5.41) is 3.94. The van der Waals surface area contributed by atoms with Crippen molar-refractivity contribution in [2.24, 2.45) is 11.1 Å².